The molecule has 0 saturated heterocycles. The van der Waals surface area contributed by atoms with Gasteiger partial charge in [0, 0.05) is 11.3 Å². The highest BCUT2D eigenvalue weighted by atomic mass is 16.5. The highest BCUT2D eigenvalue weighted by Crippen LogP contribution is 2.59. The molecule has 1 aromatic rings. The molecule has 0 amide bonds. The number of benzene rings is 1. The van der Waals surface area contributed by atoms with Gasteiger partial charge in [0.25, 0.3) is 0 Å². The lowest BCUT2D eigenvalue weighted by Crippen LogP contribution is -2.49. The lowest BCUT2D eigenvalue weighted by molar-refractivity contribution is -0.169. The van der Waals surface area contributed by atoms with E-state index in [1.807, 2.05) is 51.1 Å². The van der Waals surface area contributed by atoms with Gasteiger partial charge in [0.1, 0.15) is 11.9 Å². The Labute approximate surface area is 168 Å². The summed E-state index contributed by atoms with van der Waals surface area (Å²) in [5.41, 5.74) is 0.350. The number of ether oxygens (including phenoxy) is 2. The Balaban J connectivity index is 1.87. The molecule has 4 heteroatoms. The van der Waals surface area contributed by atoms with Crippen LogP contribution in [0.1, 0.15) is 58.4 Å². The number of carbonyl (C=O) groups is 1. The van der Waals surface area contributed by atoms with Crippen molar-refractivity contribution in [2.24, 2.45) is 22.7 Å². The Morgan fingerprint density at radius 1 is 1.25 bits per heavy atom. The fourth-order valence-electron chi connectivity index (χ4n) is 5.31. The van der Waals surface area contributed by atoms with Crippen molar-refractivity contribution >= 4 is 5.97 Å². The Morgan fingerprint density at radius 3 is 2.43 bits per heavy atom. The van der Waals surface area contributed by atoms with Crippen LogP contribution in [0, 0.1) is 22.7 Å². The molecule has 2 unspecified atom stereocenters. The molecule has 0 spiro atoms. The molecule has 0 radical (unpaired) electrons. The van der Waals surface area contributed by atoms with Crippen LogP contribution in [0.2, 0.25) is 0 Å². The molecule has 0 aliphatic heterocycles. The molecular formula is C24H34O4. The number of rotatable bonds is 4. The van der Waals surface area contributed by atoms with E-state index in [4.69, 9.17) is 9.47 Å². The molecule has 2 saturated carbocycles. The van der Waals surface area contributed by atoms with Crippen LogP contribution in [0.15, 0.2) is 36.9 Å². The van der Waals surface area contributed by atoms with Crippen molar-refractivity contribution in [3.63, 3.8) is 0 Å². The van der Waals surface area contributed by atoms with Crippen molar-refractivity contribution in [1.82, 2.24) is 0 Å². The SMILES string of the molecule is C=CC1C2CC[C@H](OC(=O)C(C)(C)C)[C@@]2(C)C[C@@H](O)[C@H]1c1ccc(OC)cc1. The number of methoxy groups -OCH3 is 1. The maximum atomic E-state index is 12.5. The van der Waals surface area contributed by atoms with Crippen LogP contribution in [0.3, 0.4) is 0 Å². The fourth-order valence-corrected chi connectivity index (χ4v) is 5.31. The molecule has 4 nitrogen and oxygen atoms in total. The second-order valence-electron chi connectivity index (χ2n) is 9.72. The summed E-state index contributed by atoms with van der Waals surface area (Å²) in [7, 11) is 1.65. The molecule has 3 rings (SSSR count). The molecule has 0 bridgehead atoms. The van der Waals surface area contributed by atoms with Crippen LogP contribution >= 0.6 is 0 Å². The number of esters is 1. The summed E-state index contributed by atoms with van der Waals surface area (Å²) in [5, 5.41) is 11.2. The first kappa shape index (κ1) is 20.9. The standard InChI is InChI=1S/C24H34O4/c1-7-17-18-12-13-20(28-22(26)23(2,3)4)24(18,5)14-19(25)21(17)15-8-10-16(27-6)11-9-15/h7-11,17-21,25H,1,12-14H2,2-6H3/t17?,18?,19-,20+,21+,24+/m1/s1. The molecule has 28 heavy (non-hydrogen) atoms. The minimum atomic E-state index is -0.523. The van der Waals surface area contributed by atoms with Crippen molar-refractivity contribution < 1.29 is 19.4 Å². The normalized spacial score (nSPS) is 35.1. The molecule has 2 aliphatic carbocycles. The predicted molar refractivity (Wildman–Crippen MR) is 110 cm³/mol. The average molecular weight is 387 g/mol. The highest BCUT2D eigenvalue weighted by molar-refractivity contribution is 5.75. The van der Waals surface area contributed by atoms with Crippen molar-refractivity contribution in [1.29, 1.82) is 0 Å². The first-order chi connectivity index (χ1) is 13.1. The van der Waals surface area contributed by atoms with Gasteiger partial charge in [0.2, 0.25) is 0 Å². The second kappa shape index (κ2) is 7.55. The zero-order valence-corrected chi connectivity index (χ0v) is 17.8. The molecule has 0 heterocycles. The summed E-state index contributed by atoms with van der Waals surface area (Å²) in [6.45, 7) is 11.9. The van der Waals surface area contributed by atoms with Crippen LogP contribution in [-0.4, -0.2) is 30.4 Å². The van der Waals surface area contributed by atoms with Gasteiger partial charge in [-0.05, 0) is 69.6 Å². The first-order valence-corrected chi connectivity index (χ1v) is 10.3. The van der Waals surface area contributed by atoms with Crippen molar-refractivity contribution in [2.45, 2.75) is 65.1 Å². The van der Waals surface area contributed by atoms with E-state index in [-0.39, 0.29) is 29.3 Å². The van der Waals surface area contributed by atoms with E-state index >= 15 is 0 Å². The number of carbonyl (C=O) groups excluding carboxylic acids is 1. The highest BCUT2D eigenvalue weighted by Gasteiger charge is 2.57. The molecule has 1 N–H and O–H groups in total. The van der Waals surface area contributed by atoms with E-state index < -0.39 is 11.5 Å². The molecule has 0 aromatic heterocycles. The molecule has 1 aromatic carbocycles. The third-order valence-electron chi connectivity index (χ3n) is 6.90. The Hall–Kier alpha value is -1.81. The number of fused-ring (bicyclic) bond motifs is 1. The third kappa shape index (κ3) is 3.59. The lowest BCUT2D eigenvalue weighted by atomic mass is 9.57. The van der Waals surface area contributed by atoms with Gasteiger partial charge < -0.3 is 14.6 Å². The van der Waals surface area contributed by atoms with Gasteiger partial charge in [-0.1, -0.05) is 25.1 Å². The molecule has 154 valence electrons. The van der Waals surface area contributed by atoms with E-state index in [0.29, 0.717) is 12.3 Å². The summed E-state index contributed by atoms with van der Waals surface area (Å²) < 4.78 is 11.2. The first-order valence-electron chi connectivity index (χ1n) is 10.3. The summed E-state index contributed by atoms with van der Waals surface area (Å²) in [5.74, 6) is 1.11. The van der Waals surface area contributed by atoms with Gasteiger partial charge in [0.05, 0.1) is 18.6 Å². The Kier molecular flexibility index (Phi) is 5.64. The van der Waals surface area contributed by atoms with Crippen molar-refractivity contribution in [3.8, 4) is 5.75 Å². The van der Waals surface area contributed by atoms with Crippen LogP contribution < -0.4 is 4.74 Å². The zero-order chi connectivity index (χ0) is 20.7. The fraction of sp³-hybridized carbons (Fsp3) is 0.625. The van der Waals surface area contributed by atoms with Crippen molar-refractivity contribution in [3.05, 3.63) is 42.5 Å². The quantitative estimate of drug-likeness (QED) is 0.601. The van der Waals surface area contributed by atoms with Gasteiger partial charge in [-0.15, -0.1) is 6.58 Å². The smallest absolute Gasteiger partial charge is 0.311 e. The van der Waals surface area contributed by atoms with Crippen molar-refractivity contribution in [2.75, 3.05) is 7.11 Å². The maximum absolute atomic E-state index is 12.5. The summed E-state index contributed by atoms with van der Waals surface area (Å²) >= 11 is 0. The second-order valence-corrected chi connectivity index (χ2v) is 9.72. The lowest BCUT2D eigenvalue weighted by Gasteiger charge is -2.50. The summed E-state index contributed by atoms with van der Waals surface area (Å²) in [6, 6.07) is 7.97. The van der Waals surface area contributed by atoms with Crippen LogP contribution in [-0.2, 0) is 9.53 Å². The Morgan fingerprint density at radius 2 is 1.89 bits per heavy atom. The topological polar surface area (TPSA) is 55.8 Å². The number of aliphatic hydroxyl groups excluding tert-OH is 1. The monoisotopic (exact) mass is 386 g/mol. The van der Waals surface area contributed by atoms with Gasteiger partial charge in [-0.2, -0.15) is 0 Å². The summed E-state index contributed by atoms with van der Waals surface area (Å²) in [6.07, 6.45) is 3.78. The van der Waals surface area contributed by atoms with Gasteiger partial charge in [0.15, 0.2) is 0 Å². The van der Waals surface area contributed by atoms with E-state index in [2.05, 4.69) is 13.5 Å². The van der Waals surface area contributed by atoms with Crippen LogP contribution in [0.5, 0.6) is 5.75 Å². The summed E-state index contributed by atoms with van der Waals surface area (Å²) in [4.78, 5) is 12.5. The van der Waals surface area contributed by atoms with Gasteiger partial charge >= 0.3 is 5.97 Å². The third-order valence-corrected chi connectivity index (χ3v) is 6.90. The van der Waals surface area contributed by atoms with E-state index in [9.17, 15) is 9.90 Å². The minimum Gasteiger partial charge on any atom is -0.497 e. The molecule has 2 aliphatic rings. The number of hydrogen-bond acceptors (Lipinski definition) is 4. The number of allylic oxidation sites excluding steroid dienone is 1. The number of aliphatic hydroxyl groups is 1. The predicted octanol–water partition coefficient (Wildman–Crippen LogP) is 4.72. The largest absolute Gasteiger partial charge is 0.497 e. The number of hydrogen-bond donors (Lipinski definition) is 1. The Bertz CT molecular complexity index is 717. The van der Waals surface area contributed by atoms with Gasteiger partial charge in [-0.3, -0.25) is 4.79 Å². The maximum Gasteiger partial charge on any atom is 0.311 e. The zero-order valence-electron chi connectivity index (χ0n) is 17.8. The van der Waals surface area contributed by atoms with Crippen LogP contribution in [0.4, 0.5) is 0 Å². The van der Waals surface area contributed by atoms with E-state index in [1.54, 1.807) is 7.11 Å². The molecule has 2 fully saturated rings. The molecular weight excluding hydrogens is 352 g/mol. The average Bonchev–Trinajstić information content (AvgIpc) is 2.95. The van der Waals surface area contributed by atoms with Gasteiger partial charge in [-0.25, -0.2) is 0 Å². The minimum absolute atomic E-state index is 0.00134. The van der Waals surface area contributed by atoms with E-state index in [1.165, 1.54) is 0 Å². The van der Waals surface area contributed by atoms with Crippen LogP contribution in [0.25, 0.3) is 0 Å². The van der Waals surface area contributed by atoms with E-state index in [0.717, 1.165) is 24.2 Å². The molecule has 6 atom stereocenters.